The van der Waals surface area contributed by atoms with E-state index in [2.05, 4.69) is 6.58 Å². The Balaban J connectivity index is 1.88. The van der Waals surface area contributed by atoms with E-state index in [1.165, 1.54) is 19.1 Å². The quantitative estimate of drug-likeness (QED) is 0.249. The molecule has 0 saturated heterocycles. The topological polar surface area (TPSA) is 78.9 Å². The SMILES string of the molecule is C=C(C)C(=O)OCCOC(=O)Oc1cccc(C(=O)c2ccccc2)c1. The van der Waals surface area contributed by atoms with Crippen LogP contribution in [0.3, 0.4) is 0 Å². The third kappa shape index (κ3) is 5.59. The van der Waals surface area contributed by atoms with E-state index < -0.39 is 12.1 Å². The average Bonchev–Trinajstić information content (AvgIpc) is 2.65. The predicted molar refractivity (Wildman–Crippen MR) is 94.1 cm³/mol. The van der Waals surface area contributed by atoms with Crippen LogP contribution in [0.1, 0.15) is 22.8 Å². The second-order valence-corrected chi connectivity index (χ2v) is 5.34. The highest BCUT2D eigenvalue weighted by Crippen LogP contribution is 2.17. The number of benzene rings is 2. The number of esters is 1. The second-order valence-electron chi connectivity index (χ2n) is 5.34. The monoisotopic (exact) mass is 354 g/mol. The Labute approximate surface area is 151 Å². The molecule has 0 saturated carbocycles. The van der Waals surface area contributed by atoms with Crippen molar-refractivity contribution in [3.05, 3.63) is 77.9 Å². The first-order valence-electron chi connectivity index (χ1n) is 7.84. The summed E-state index contributed by atoms with van der Waals surface area (Å²) >= 11 is 0. The van der Waals surface area contributed by atoms with Gasteiger partial charge in [-0.15, -0.1) is 0 Å². The van der Waals surface area contributed by atoms with Crippen LogP contribution in [0.25, 0.3) is 0 Å². The van der Waals surface area contributed by atoms with Crippen molar-refractivity contribution in [1.29, 1.82) is 0 Å². The third-order valence-corrected chi connectivity index (χ3v) is 3.22. The van der Waals surface area contributed by atoms with Gasteiger partial charge < -0.3 is 14.2 Å². The zero-order valence-corrected chi connectivity index (χ0v) is 14.3. The Morgan fingerprint density at radius 1 is 0.885 bits per heavy atom. The van der Waals surface area contributed by atoms with Gasteiger partial charge in [0, 0.05) is 16.7 Å². The fourth-order valence-corrected chi connectivity index (χ4v) is 1.97. The molecule has 0 unspecified atom stereocenters. The van der Waals surface area contributed by atoms with Gasteiger partial charge in [0.25, 0.3) is 0 Å². The summed E-state index contributed by atoms with van der Waals surface area (Å²) in [5, 5.41) is 0. The van der Waals surface area contributed by atoms with Gasteiger partial charge >= 0.3 is 12.1 Å². The first-order valence-corrected chi connectivity index (χ1v) is 7.84. The highest BCUT2D eigenvalue weighted by molar-refractivity contribution is 6.09. The molecule has 6 nitrogen and oxygen atoms in total. The lowest BCUT2D eigenvalue weighted by molar-refractivity contribution is -0.140. The van der Waals surface area contributed by atoms with Crippen LogP contribution in [0.15, 0.2) is 66.7 Å². The lowest BCUT2D eigenvalue weighted by atomic mass is 10.0. The van der Waals surface area contributed by atoms with Crippen molar-refractivity contribution in [3.8, 4) is 5.75 Å². The molecule has 0 amide bonds. The molecule has 0 fully saturated rings. The molecule has 2 aromatic carbocycles. The molecule has 0 aliphatic rings. The minimum absolute atomic E-state index is 0.104. The maximum absolute atomic E-state index is 12.4. The minimum atomic E-state index is -0.958. The molecule has 0 heterocycles. The molecule has 2 rings (SSSR count). The second kappa shape index (κ2) is 9.17. The molecule has 0 aliphatic heterocycles. The highest BCUT2D eigenvalue weighted by atomic mass is 16.7. The molecule has 6 heteroatoms. The number of rotatable bonds is 7. The van der Waals surface area contributed by atoms with E-state index in [-0.39, 0.29) is 30.3 Å². The summed E-state index contributed by atoms with van der Waals surface area (Å²) in [6.45, 7) is 4.69. The number of carbonyl (C=O) groups excluding carboxylic acids is 3. The number of hydrogen-bond donors (Lipinski definition) is 0. The molecule has 0 atom stereocenters. The van der Waals surface area contributed by atoms with Crippen LogP contribution in [0.2, 0.25) is 0 Å². The van der Waals surface area contributed by atoms with E-state index in [4.69, 9.17) is 14.2 Å². The normalized spacial score (nSPS) is 9.88. The number of ketones is 1. The van der Waals surface area contributed by atoms with Crippen molar-refractivity contribution < 1.29 is 28.6 Å². The van der Waals surface area contributed by atoms with E-state index in [1.807, 2.05) is 6.07 Å². The molecule has 0 spiro atoms. The van der Waals surface area contributed by atoms with Gasteiger partial charge in [-0.1, -0.05) is 49.0 Å². The van der Waals surface area contributed by atoms with E-state index >= 15 is 0 Å². The Morgan fingerprint density at radius 2 is 1.54 bits per heavy atom. The molecule has 0 bridgehead atoms. The van der Waals surface area contributed by atoms with Crippen LogP contribution in [0, 0.1) is 0 Å². The molecule has 0 aromatic heterocycles. The summed E-state index contributed by atoms with van der Waals surface area (Å²) in [6, 6.07) is 15.0. The summed E-state index contributed by atoms with van der Waals surface area (Å²) < 4.78 is 14.6. The maximum Gasteiger partial charge on any atom is 0.513 e. The van der Waals surface area contributed by atoms with Crippen molar-refractivity contribution >= 4 is 17.9 Å². The average molecular weight is 354 g/mol. The number of carbonyl (C=O) groups is 3. The van der Waals surface area contributed by atoms with Crippen molar-refractivity contribution in [2.24, 2.45) is 0 Å². The molecule has 26 heavy (non-hydrogen) atoms. The largest absolute Gasteiger partial charge is 0.513 e. The van der Waals surface area contributed by atoms with Crippen LogP contribution < -0.4 is 4.74 Å². The first kappa shape index (κ1) is 18.9. The summed E-state index contributed by atoms with van der Waals surface area (Å²) in [6.07, 6.45) is -0.958. The van der Waals surface area contributed by atoms with Crippen LogP contribution >= 0.6 is 0 Å². The van der Waals surface area contributed by atoms with Gasteiger partial charge in [-0.2, -0.15) is 0 Å². The Hall–Kier alpha value is -3.41. The number of hydrogen-bond acceptors (Lipinski definition) is 6. The van der Waals surface area contributed by atoms with Gasteiger partial charge in [0.05, 0.1) is 0 Å². The van der Waals surface area contributed by atoms with Crippen molar-refractivity contribution in [2.75, 3.05) is 13.2 Å². The molecule has 0 radical (unpaired) electrons. The third-order valence-electron chi connectivity index (χ3n) is 3.22. The zero-order valence-electron chi connectivity index (χ0n) is 14.3. The minimum Gasteiger partial charge on any atom is -0.459 e. The van der Waals surface area contributed by atoms with Gasteiger partial charge in [-0.05, 0) is 19.1 Å². The van der Waals surface area contributed by atoms with Gasteiger partial charge in [0.15, 0.2) is 5.78 Å². The van der Waals surface area contributed by atoms with Crippen LogP contribution in [0.4, 0.5) is 4.79 Å². The summed E-state index contributed by atoms with van der Waals surface area (Å²) in [5.41, 5.74) is 1.18. The van der Waals surface area contributed by atoms with Crippen LogP contribution in [-0.2, 0) is 14.3 Å². The van der Waals surface area contributed by atoms with E-state index in [0.29, 0.717) is 11.1 Å². The predicted octanol–water partition coefficient (Wildman–Crippen LogP) is 3.55. The van der Waals surface area contributed by atoms with Gasteiger partial charge in [0.1, 0.15) is 19.0 Å². The fraction of sp³-hybridized carbons (Fsp3) is 0.150. The zero-order chi connectivity index (χ0) is 18.9. The summed E-state index contributed by atoms with van der Waals surface area (Å²) in [7, 11) is 0. The van der Waals surface area contributed by atoms with Crippen molar-refractivity contribution in [3.63, 3.8) is 0 Å². The van der Waals surface area contributed by atoms with Crippen LogP contribution in [0.5, 0.6) is 5.75 Å². The Bertz CT molecular complexity index is 810. The summed E-state index contributed by atoms with van der Waals surface area (Å²) in [5.74, 6) is -0.569. The van der Waals surface area contributed by atoms with Gasteiger partial charge in [-0.25, -0.2) is 9.59 Å². The van der Waals surface area contributed by atoms with Crippen molar-refractivity contribution in [1.82, 2.24) is 0 Å². The standard InChI is InChI=1S/C20H18O6/c1-14(2)19(22)24-11-12-25-20(23)26-17-10-6-9-16(13-17)18(21)15-7-4-3-5-8-15/h3-10,13H,1,11-12H2,2H3. The Morgan fingerprint density at radius 3 is 2.23 bits per heavy atom. The first-order chi connectivity index (χ1) is 12.5. The molecular weight excluding hydrogens is 336 g/mol. The van der Waals surface area contributed by atoms with Gasteiger partial charge in [-0.3, -0.25) is 4.79 Å². The smallest absolute Gasteiger partial charge is 0.459 e. The van der Waals surface area contributed by atoms with E-state index in [0.717, 1.165) is 0 Å². The van der Waals surface area contributed by atoms with Crippen molar-refractivity contribution in [2.45, 2.75) is 6.92 Å². The highest BCUT2D eigenvalue weighted by Gasteiger charge is 2.12. The molecule has 0 aliphatic carbocycles. The summed E-state index contributed by atoms with van der Waals surface area (Å²) in [4.78, 5) is 35.2. The molecular formula is C20H18O6. The molecule has 134 valence electrons. The Kier molecular flexibility index (Phi) is 6.68. The lowest BCUT2D eigenvalue weighted by Crippen LogP contribution is -2.16. The number of ether oxygens (including phenoxy) is 3. The van der Waals surface area contributed by atoms with Crippen LogP contribution in [-0.4, -0.2) is 31.1 Å². The molecule has 0 N–H and O–H groups in total. The molecule has 2 aromatic rings. The lowest BCUT2D eigenvalue weighted by Gasteiger charge is -2.08. The van der Waals surface area contributed by atoms with E-state index in [1.54, 1.807) is 36.4 Å². The van der Waals surface area contributed by atoms with E-state index in [9.17, 15) is 14.4 Å². The fourth-order valence-electron chi connectivity index (χ4n) is 1.97. The maximum atomic E-state index is 12.4. The van der Waals surface area contributed by atoms with Gasteiger partial charge in [0.2, 0.25) is 0 Å².